The van der Waals surface area contributed by atoms with Crippen LogP contribution in [0.15, 0.2) is 59.5 Å². The molecule has 0 aliphatic carbocycles. The Morgan fingerprint density at radius 2 is 1.62 bits per heavy atom. The average molecular weight is 436 g/mol. The number of nitrogens with zero attached hydrogens (tertiary/aromatic N) is 1. The molecule has 7 nitrogen and oxygen atoms in total. The zero-order valence-electron chi connectivity index (χ0n) is 15.7. The predicted octanol–water partition coefficient (Wildman–Crippen LogP) is 2.04. The minimum Gasteiger partial charge on any atom is -0.343 e. The molecule has 2 aromatic carbocycles. The molecule has 9 heteroatoms. The maximum atomic E-state index is 12.5. The van der Waals surface area contributed by atoms with E-state index in [4.69, 9.17) is 11.6 Å². The number of carbonyl (C=O) groups is 2. The van der Waals surface area contributed by atoms with Gasteiger partial charge in [0, 0.05) is 29.7 Å². The molecule has 3 rings (SSSR count). The second kappa shape index (κ2) is 9.39. The lowest BCUT2D eigenvalue weighted by molar-refractivity contribution is -0.131. The molecule has 0 radical (unpaired) electrons. The fourth-order valence-corrected chi connectivity index (χ4v) is 4.54. The number of rotatable bonds is 6. The standard InChI is InChI=1S/C20H22ClN3O4S/c21-16-6-8-18(9-7-16)29(27,28)23-17-10-12-24(13-11-17)19(25)14-22-20(26)15-4-2-1-3-5-15/h1-9,17,23H,10-14H2,(H,22,26). The van der Waals surface area contributed by atoms with E-state index in [0.29, 0.717) is 36.5 Å². The number of halogens is 1. The van der Waals surface area contributed by atoms with E-state index in [2.05, 4.69) is 10.0 Å². The SMILES string of the molecule is O=C(NCC(=O)N1CCC(NS(=O)(=O)c2ccc(Cl)cc2)CC1)c1ccccc1. The highest BCUT2D eigenvalue weighted by Crippen LogP contribution is 2.17. The van der Waals surface area contributed by atoms with Crippen molar-refractivity contribution in [2.75, 3.05) is 19.6 Å². The topological polar surface area (TPSA) is 95.6 Å². The maximum absolute atomic E-state index is 12.5. The van der Waals surface area contributed by atoms with E-state index >= 15 is 0 Å². The summed E-state index contributed by atoms with van der Waals surface area (Å²) in [6, 6.07) is 14.4. The number of piperidine rings is 1. The van der Waals surface area contributed by atoms with Crippen LogP contribution in [0.25, 0.3) is 0 Å². The number of likely N-dealkylation sites (tertiary alicyclic amines) is 1. The highest BCUT2D eigenvalue weighted by Gasteiger charge is 2.26. The highest BCUT2D eigenvalue weighted by atomic mass is 35.5. The smallest absolute Gasteiger partial charge is 0.251 e. The van der Waals surface area contributed by atoms with Crippen LogP contribution in [0.5, 0.6) is 0 Å². The predicted molar refractivity (Wildman–Crippen MR) is 110 cm³/mol. The van der Waals surface area contributed by atoms with Crippen LogP contribution in [0, 0.1) is 0 Å². The minimum absolute atomic E-state index is 0.0884. The number of hydrogen-bond donors (Lipinski definition) is 2. The van der Waals surface area contributed by atoms with Gasteiger partial charge in [0.2, 0.25) is 15.9 Å². The maximum Gasteiger partial charge on any atom is 0.251 e. The van der Waals surface area contributed by atoms with E-state index in [1.165, 1.54) is 24.3 Å². The lowest BCUT2D eigenvalue weighted by Gasteiger charge is -2.32. The van der Waals surface area contributed by atoms with Crippen molar-refractivity contribution in [3.05, 3.63) is 65.2 Å². The number of benzene rings is 2. The third kappa shape index (κ3) is 5.79. The van der Waals surface area contributed by atoms with Crippen molar-refractivity contribution in [2.24, 2.45) is 0 Å². The van der Waals surface area contributed by atoms with Crippen molar-refractivity contribution in [2.45, 2.75) is 23.8 Å². The molecule has 0 spiro atoms. The van der Waals surface area contributed by atoms with E-state index in [-0.39, 0.29) is 29.3 Å². The summed E-state index contributed by atoms with van der Waals surface area (Å²) in [6.07, 6.45) is 1.01. The average Bonchev–Trinajstić information content (AvgIpc) is 2.73. The lowest BCUT2D eigenvalue weighted by Crippen LogP contribution is -2.48. The van der Waals surface area contributed by atoms with Crippen molar-refractivity contribution in [3.8, 4) is 0 Å². The molecule has 2 aromatic rings. The molecule has 0 bridgehead atoms. The number of carbonyl (C=O) groups excluding carboxylic acids is 2. The van der Waals surface area contributed by atoms with Gasteiger partial charge in [0.25, 0.3) is 5.91 Å². The summed E-state index contributed by atoms with van der Waals surface area (Å²) in [5.74, 6) is -0.488. The molecule has 1 aliphatic rings. The van der Waals surface area contributed by atoms with Gasteiger partial charge in [-0.25, -0.2) is 13.1 Å². The van der Waals surface area contributed by atoms with Crippen LogP contribution in [0.1, 0.15) is 23.2 Å². The van der Waals surface area contributed by atoms with Crippen molar-refractivity contribution >= 4 is 33.4 Å². The minimum atomic E-state index is -3.64. The molecule has 154 valence electrons. The molecule has 2 N–H and O–H groups in total. The van der Waals surface area contributed by atoms with Crippen LogP contribution in [-0.4, -0.2) is 50.8 Å². The van der Waals surface area contributed by atoms with Gasteiger partial charge in [-0.2, -0.15) is 0 Å². The third-order valence-corrected chi connectivity index (χ3v) is 6.52. The number of amides is 2. The molecule has 29 heavy (non-hydrogen) atoms. The first-order valence-electron chi connectivity index (χ1n) is 9.24. The van der Waals surface area contributed by atoms with Crippen molar-refractivity contribution < 1.29 is 18.0 Å². The molecule has 2 amide bonds. The third-order valence-electron chi connectivity index (χ3n) is 4.73. The van der Waals surface area contributed by atoms with Crippen LogP contribution in [0.3, 0.4) is 0 Å². The molecular formula is C20H22ClN3O4S. The molecule has 0 unspecified atom stereocenters. The second-order valence-electron chi connectivity index (χ2n) is 6.78. The van der Waals surface area contributed by atoms with Crippen LogP contribution in [0.4, 0.5) is 0 Å². The Morgan fingerprint density at radius 1 is 1.00 bits per heavy atom. The molecule has 0 aromatic heterocycles. The summed E-state index contributed by atoms with van der Waals surface area (Å²) in [5, 5.41) is 3.09. The largest absolute Gasteiger partial charge is 0.343 e. The normalized spacial score (nSPS) is 15.1. The van der Waals surface area contributed by atoms with Crippen molar-refractivity contribution in [3.63, 3.8) is 0 Å². The Bertz CT molecular complexity index is 957. The fourth-order valence-electron chi connectivity index (χ4n) is 3.11. The molecule has 1 aliphatic heterocycles. The molecule has 0 atom stereocenters. The van der Waals surface area contributed by atoms with Crippen LogP contribution in [0.2, 0.25) is 5.02 Å². The Morgan fingerprint density at radius 3 is 2.24 bits per heavy atom. The van der Waals surface area contributed by atoms with Gasteiger partial charge < -0.3 is 10.2 Å². The zero-order chi connectivity index (χ0) is 20.9. The Kier molecular flexibility index (Phi) is 6.89. The van der Waals surface area contributed by atoms with E-state index in [1.807, 2.05) is 6.07 Å². The van der Waals surface area contributed by atoms with Gasteiger partial charge in [-0.05, 0) is 49.2 Å². The van der Waals surface area contributed by atoms with Crippen LogP contribution < -0.4 is 10.0 Å². The molecule has 1 saturated heterocycles. The first kappa shape index (κ1) is 21.3. The fraction of sp³-hybridized carbons (Fsp3) is 0.300. The molecular weight excluding hydrogens is 414 g/mol. The van der Waals surface area contributed by atoms with E-state index in [9.17, 15) is 18.0 Å². The Balaban J connectivity index is 1.46. The van der Waals surface area contributed by atoms with Gasteiger partial charge in [0.15, 0.2) is 0 Å². The molecule has 0 saturated carbocycles. The summed E-state index contributed by atoms with van der Waals surface area (Å²) < 4.78 is 27.6. The van der Waals surface area contributed by atoms with Gasteiger partial charge in [-0.15, -0.1) is 0 Å². The summed E-state index contributed by atoms with van der Waals surface area (Å²) in [6.45, 7) is 0.761. The first-order chi connectivity index (χ1) is 13.8. The first-order valence-corrected chi connectivity index (χ1v) is 11.1. The van der Waals surface area contributed by atoms with Crippen LogP contribution >= 0.6 is 11.6 Å². The summed E-state index contributed by atoms with van der Waals surface area (Å²) >= 11 is 5.80. The lowest BCUT2D eigenvalue weighted by atomic mass is 10.1. The van der Waals surface area contributed by atoms with Gasteiger partial charge in [0.05, 0.1) is 11.4 Å². The van der Waals surface area contributed by atoms with E-state index in [0.717, 1.165) is 0 Å². The van der Waals surface area contributed by atoms with Gasteiger partial charge in [-0.1, -0.05) is 29.8 Å². The van der Waals surface area contributed by atoms with Gasteiger partial charge >= 0.3 is 0 Å². The van der Waals surface area contributed by atoms with Crippen molar-refractivity contribution in [1.29, 1.82) is 0 Å². The van der Waals surface area contributed by atoms with Gasteiger partial charge in [0.1, 0.15) is 0 Å². The van der Waals surface area contributed by atoms with Crippen molar-refractivity contribution in [1.82, 2.24) is 14.9 Å². The number of sulfonamides is 1. The van der Waals surface area contributed by atoms with Gasteiger partial charge in [-0.3, -0.25) is 9.59 Å². The number of hydrogen-bond acceptors (Lipinski definition) is 4. The summed E-state index contributed by atoms with van der Waals surface area (Å²) in [5.41, 5.74) is 0.496. The van der Waals surface area contributed by atoms with E-state index < -0.39 is 10.0 Å². The summed E-state index contributed by atoms with van der Waals surface area (Å²) in [4.78, 5) is 26.2. The Hall–Kier alpha value is -2.42. The zero-order valence-corrected chi connectivity index (χ0v) is 17.2. The summed E-state index contributed by atoms with van der Waals surface area (Å²) in [7, 11) is -3.64. The quantitative estimate of drug-likeness (QED) is 0.725. The number of nitrogens with one attached hydrogen (secondary N) is 2. The Labute approximate surface area is 175 Å². The monoisotopic (exact) mass is 435 g/mol. The molecule has 1 fully saturated rings. The molecule has 1 heterocycles. The highest BCUT2D eigenvalue weighted by molar-refractivity contribution is 7.89. The second-order valence-corrected chi connectivity index (χ2v) is 8.93. The van der Waals surface area contributed by atoms with E-state index in [1.54, 1.807) is 29.2 Å². The van der Waals surface area contributed by atoms with Crippen LogP contribution in [-0.2, 0) is 14.8 Å².